The lowest BCUT2D eigenvalue weighted by Gasteiger charge is -2.28. The molecule has 8 heteroatoms. The van der Waals surface area contributed by atoms with Crippen molar-refractivity contribution in [3.8, 4) is 0 Å². The van der Waals surface area contributed by atoms with Crippen LogP contribution in [0.1, 0.15) is 22.3 Å². The van der Waals surface area contributed by atoms with Crippen molar-refractivity contribution in [3.05, 3.63) is 75.6 Å². The van der Waals surface area contributed by atoms with Crippen molar-refractivity contribution >= 4 is 11.6 Å². The van der Waals surface area contributed by atoms with Crippen LogP contribution < -0.4 is 0 Å². The van der Waals surface area contributed by atoms with E-state index in [1.165, 1.54) is 36.4 Å². The van der Waals surface area contributed by atoms with Gasteiger partial charge in [-0.25, -0.2) is 4.39 Å². The first-order chi connectivity index (χ1) is 14.0. The number of carbonyl (C=O) groups excluding carboxylic acids is 1. The third kappa shape index (κ3) is 6.07. The van der Waals surface area contributed by atoms with Gasteiger partial charge in [0.2, 0.25) is 0 Å². The highest BCUT2D eigenvalue weighted by atomic mass is 19.1. The van der Waals surface area contributed by atoms with E-state index in [-0.39, 0.29) is 11.6 Å². The van der Waals surface area contributed by atoms with Crippen LogP contribution in [0.5, 0.6) is 0 Å². The number of halogens is 1. The molecule has 1 heterocycles. The van der Waals surface area contributed by atoms with E-state index >= 15 is 0 Å². The molecule has 2 aromatic rings. The lowest BCUT2D eigenvalue weighted by molar-refractivity contribution is -0.384. The number of morpholine rings is 1. The van der Waals surface area contributed by atoms with Crippen LogP contribution in [0.25, 0.3) is 0 Å². The number of nitrogens with zero attached hydrogens (tertiary/aromatic N) is 3. The summed E-state index contributed by atoms with van der Waals surface area (Å²) >= 11 is 0. The van der Waals surface area contributed by atoms with E-state index in [1.54, 1.807) is 17.0 Å². The second kappa shape index (κ2) is 10.1. The minimum Gasteiger partial charge on any atom is -0.379 e. The zero-order chi connectivity index (χ0) is 20.6. The number of rotatable bonds is 8. The molecule has 0 N–H and O–H groups in total. The third-order valence-electron chi connectivity index (χ3n) is 4.91. The van der Waals surface area contributed by atoms with E-state index in [9.17, 15) is 19.3 Å². The molecule has 154 valence electrons. The fourth-order valence-corrected chi connectivity index (χ4v) is 3.28. The van der Waals surface area contributed by atoms with E-state index in [1.807, 2.05) is 0 Å². The topological polar surface area (TPSA) is 75.9 Å². The highest BCUT2D eigenvalue weighted by Crippen LogP contribution is 2.16. The number of amides is 1. The Bertz CT molecular complexity index is 821. The molecule has 1 aliphatic heterocycles. The number of hydrogen-bond acceptors (Lipinski definition) is 5. The summed E-state index contributed by atoms with van der Waals surface area (Å²) in [6.45, 7) is 4.93. The second-order valence-electron chi connectivity index (χ2n) is 6.96. The zero-order valence-corrected chi connectivity index (χ0v) is 16.1. The van der Waals surface area contributed by atoms with Gasteiger partial charge in [0.1, 0.15) is 5.82 Å². The van der Waals surface area contributed by atoms with Crippen LogP contribution in [0.15, 0.2) is 48.5 Å². The van der Waals surface area contributed by atoms with Crippen molar-refractivity contribution in [1.29, 1.82) is 0 Å². The smallest absolute Gasteiger partial charge is 0.269 e. The summed E-state index contributed by atoms with van der Waals surface area (Å²) in [6, 6.07) is 11.7. The lowest BCUT2D eigenvalue weighted by Crippen LogP contribution is -2.39. The van der Waals surface area contributed by atoms with E-state index in [4.69, 9.17) is 4.74 Å². The Morgan fingerprint density at radius 1 is 1.10 bits per heavy atom. The molecule has 0 bridgehead atoms. The molecule has 1 fully saturated rings. The first-order valence-electron chi connectivity index (χ1n) is 9.61. The van der Waals surface area contributed by atoms with Crippen molar-refractivity contribution in [2.45, 2.75) is 13.0 Å². The summed E-state index contributed by atoms with van der Waals surface area (Å²) in [5, 5.41) is 10.8. The minimum atomic E-state index is -0.451. The molecule has 0 aromatic heterocycles. The molecule has 1 saturated heterocycles. The van der Waals surface area contributed by atoms with Crippen LogP contribution >= 0.6 is 0 Å². The average molecular weight is 401 g/mol. The first kappa shape index (κ1) is 20.9. The number of carbonyl (C=O) groups is 1. The Morgan fingerprint density at radius 2 is 1.76 bits per heavy atom. The number of ether oxygens (including phenoxy) is 1. The number of non-ortho nitro benzene ring substituents is 1. The predicted octanol–water partition coefficient (Wildman–Crippen LogP) is 3.10. The molecule has 0 atom stereocenters. The number of hydrogen-bond donors (Lipinski definition) is 0. The Morgan fingerprint density at radius 3 is 2.38 bits per heavy atom. The summed E-state index contributed by atoms with van der Waals surface area (Å²) in [7, 11) is 0. The largest absolute Gasteiger partial charge is 0.379 e. The van der Waals surface area contributed by atoms with Gasteiger partial charge in [0, 0.05) is 50.4 Å². The standard InChI is InChI=1S/C21H24FN3O4/c22-19-6-4-18(5-7-19)21(26)24(11-1-10-23-12-14-29-15-13-23)16-17-2-8-20(9-3-17)25(27)28/h2-9H,1,10-16H2. The van der Waals surface area contributed by atoms with Gasteiger partial charge in [-0.1, -0.05) is 12.1 Å². The monoisotopic (exact) mass is 401 g/mol. The van der Waals surface area contributed by atoms with Crippen molar-refractivity contribution in [2.24, 2.45) is 0 Å². The predicted molar refractivity (Wildman–Crippen MR) is 106 cm³/mol. The molecule has 3 rings (SSSR count). The Balaban J connectivity index is 1.68. The van der Waals surface area contributed by atoms with E-state index in [0.717, 1.165) is 44.8 Å². The van der Waals surface area contributed by atoms with Crippen LogP contribution in [-0.2, 0) is 11.3 Å². The zero-order valence-electron chi connectivity index (χ0n) is 16.1. The van der Waals surface area contributed by atoms with Crippen molar-refractivity contribution in [3.63, 3.8) is 0 Å². The third-order valence-corrected chi connectivity index (χ3v) is 4.91. The van der Waals surface area contributed by atoms with Crippen LogP contribution in [0.3, 0.4) is 0 Å². The fourth-order valence-electron chi connectivity index (χ4n) is 3.28. The first-order valence-corrected chi connectivity index (χ1v) is 9.61. The maximum Gasteiger partial charge on any atom is 0.269 e. The number of nitro benzene ring substituents is 1. The van der Waals surface area contributed by atoms with Gasteiger partial charge in [-0.3, -0.25) is 19.8 Å². The van der Waals surface area contributed by atoms with Gasteiger partial charge in [-0.05, 0) is 36.2 Å². The van der Waals surface area contributed by atoms with Crippen LogP contribution in [0.2, 0.25) is 0 Å². The highest BCUT2D eigenvalue weighted by molar-refractivity contribution is 5.94. The summed E-state index contributed by atoms with van der Waals surface area (Å²) in [4.78, 5) is 27.4. The van der Waals surface area contributed by atoms with Crippen LogP contribution in [-0.4, -0.2) is 60.0 Å². The van der Waals surface area contributed by atoms with E-state index < -0.39 is 10.7 Å². The molecule has 0 spiro atoms. The molecule has 0 radical (unpaired) electrons. The Hall–Kier alpha value is -2.84. The van der Waals surface area contributed by atoms with Gasteiger partial charge in [-0.15, -0.1) is 0 Å². The van der Waals surface area contributed by atoms with Crippen LogP contribution in [0.4, 0.5) is 10.1 Å². The normalized spacial score (nSPS) is 14.5. The average Bonchev–Trinajstić information content (AvgIpc) is 2.74. The molecular formula is C21H24FN3O4. The molecule has 29 heavy (non-hydrogen) atoms. The maximum atomic E-state index is 13.2. The quantitative estimate of drug-likeness (QED) is 0.502. The molecular weight excluding hydrogens is 377 g/mol. The van der Waals surface area contributed by atoms with E-state index in [2.05, 4.69) is 4.90 Å². The van der Waals surface area contributed by atoms with Crippen LogP contribution in [0, 0.1) is 15.9 Å². The summed E-state index contributed by atoms with van der Waals surface area (Å²) in [5.41, 5.74) is 1.23. The molecule has 0 unspecified atom stereocenters. The fraction of sp³-hybridized carbons (Fsp3) is 0.381. The molecule has 1 aliphatic rings. The second-order valence-corrected chi connectivity index (χ2v) is 6.96. The maximum absolute atomic E-state index is 13.2. The Labute approximate surface area is 168 Å². The van der Waals surface area contributed by atoms with Crippen molar-refractivity contribution < 1.29 is 18.8 Å². The van der Waals surface area contributed by atoms with E-state index in [0.29, 0.717) is 18.7 Å². The molecule has 2 aromatic carbocycles. The minimum absolute atomic E-state index is 0.0116. The Kier molecular flexibility index (Phi) is 7.26. The van der Waals surface area contributed by atoms with Crippen molar-refractivity contribution in [1.82, 2.24) is 9.80 Å². The van der Waals surface area contributed by atoms with Gasteiger partial charge in [0.15, 0.2) is 0 Å². The number of benzene rings is 2. The number of nitro groups is 1. The summed E-state index contributed by atoms with van der Waals surface area (Å²) in [5.74, 6) is -0.582. The van der Waals surface area contributed by atoms with Crippen molar-refractivity contribution in [2.75, 3.05) is 39.4 Å². The van der Waals surface area contributed by atoms with Gasteiger partial charge in [0.05, 0.1) is 18.1 Å². The molecule has 1 amide bonds. The SMILES string of the molecule is O=C(c1ccc(F)cc1)N(CCCN1CCOCC1)Cc1ccc([N+](=O)[O-])cc1. The van der Waals surface area contributed by atoms with Gasteiger partial charge in [0.25, 0.3) is 11.6 Å². The van der Waals surface area contributed by atoms with Gasteiger partial charge >= 0.3 is 0 Å². The summed E-state index contributed by atoms with van der Waals surface area (Å²) < 4.78 is 18.6. The van der Waals surface area contributed by atoms with Gasteiger partial charge in [-0.2, -0.15) is 0 Å². The lowest BCUT2D eigenvalue weighted by atomic mass is 10.1. The van der Waals surface area contributed by atoms with Gasteiger partial charge < -0.3 is 9.64 Å². The molecule has 0 saturated carbocycles. The molecule has 7 nitrogen and oxygen atoms in total. The highest BCUT2D eigenvalue weighted by Gasteiger charge is 2.18. The summed E-state index contributed by atoms with van der Waals surface area (Å²) in [6.07, 6.45) is 0.792. The molecule has 0 aliphatic carbocycles.